The molecule has 0 aliphatic rings. The van der Waals surface area contributed by atoms with Crippen molar-refractivity contribution in [1.82, 2.24) is 0 Å². The Bertz CT molecular complexity index is 334. The highest BCUT2D eigenvalue weighted by molar-refractivity contribution is 5.91. The molecule has 0 radical (unpaired) electrons. The molecule has 2 N–H and O–H groups in total. The van der Waals surface area contributed by atoms with E-state index < -0.39 is 0 Å². The number of benzene rings is 1. The molecule has 3 nitrogen and oxygen atoms in total. The lowest BCUT2D eigenvalue weighted by Gasteiger charge is -2.08. The molecule has 0 heterocycles. The molecular weight excluding hydrogens is 176 g/mol. The number of anilines is 2. The molecule has 0 aliphatic heterocycles. The standard InChI is InChI=1S/C11H16N2O/c1-4-11(14)13-9-6-5-8(2)10(7-9)12-3/h5-7,12H,4H2,1-3H3,(H,13,14). The van der Waals surface area contributed by atoms with Gasteiger partial charge in [-0.2, -0.15) is 0 Å². The molecule has 0 fully saturated rings. The van der Waals surface area contributed by atoms with E-state index in [0.717, 1.165) is 11.4 Å². The van der Waals surface area contributed by atoms with Crippen LogP contribution in [0.5, 0.6) is 0 Å². The lowest BCUT2D eigenvalue weighted by molar-refractivity contribution is -0.115. The Morgan fingerprint density at radius 1 is 1.43 bits per heavy atom. The van der Waals surface area contributed by atoms with Gasteiger partial charge in [-0.3, -0.25) is 4.79 Å². The van der Waals surface area contributed by atoms with Gasteiger partial charge in [-0.1, -0.05) is 13.0 Å². The topological polar surface area (TPSA) is 41.1 Å². The normalized spacial score (nSPS) is 9.64. The van der Waals surface area contributed by atoms with Crippen LogP contribution in [0.4, 0.5) is 11.4 Å². The Morgan fingerprint density at radius 2 is 2.14 bits per heavy atom. The highest BCUT2D eigenvalue weighted by atomic mass is 16.1. The van der Waals surface area contributed by atoms with Crippen LogP contribution in [0.15, 0.2) is 18.2 Å². The van der Waals surface area contributed by atoms with Gasteiger partial charge in [-0.25, -0.2) is 0 Å². The van der Waals surface area contributed by atoms with Gasteiger partial charge in [0.2, 0.25) is 5.91 Å². The maximum absolute atomic E-state index is 11.1. The lowest BCUT2D eigenvalue weighted by atomic mass is 10.2. The Hall–Kier alpha value is -1.51. The van der Waals surface area contributed by atoms with E-state index in [0.29, 0.717) is 6.42 Å². The van der Waals surface area contributed by atoms with E-state index in [4.69, 9.17) is 0 Å². The Kier molecular flexibility index (Phi) is 3.51. The van der Waals surface area contributed by atoms with Crippen molar-refractivity contribution in [1.29, 1.82) is 0 Å². The van der Waals surface area contributed by atoms with Crippen molar-refractivity contribution in [2.45, 2.75) is 20.3 Å². The number of nitrogens with one attached hydrogen (secondary N) is 2. The smallest absolute Gasteiger partial charge is 0.224 e. The second-order valence-corrected chi connectivity index (χ2v) is 3.18. The van der Waals surface area contributed by atoms with Gasteiger partial charge in [0.25, 0.3) is 0 Å². The number of hydrogen-bond acceptors (Lipinski definition) is 2. The predicted octanol–water partition coefficient (Wildman–Crippen LogP) is 2.39. The van der Waals surface area contributed by atoms with Gasteiger partial charge in [-0.15, -0.1) is 0 Å². The summed E-state index contributed by atoms with van der Waals surface area (Å²) < 4.78 is 0. The molecule has 0 aliphatic carbocycles. The fourth-order valence-corrected chi connectivity index (χ4v) is 1.22. The molecule has 76 valence electrons. The monoisotopic (exact) mass is 192 g/mol. The number of amides is 1. The molecule has 0 aromatic heterocycles. The van der Waals surface area contributed by atoms with Crippen LogP contribution in [0.1, 0.15) is 18.9 Å². The van der Waals surface area contributed by atoms with Crippen LogP contribution in [0.25, 0.3) is 0 Å². The average Bonchev–Trinajstić information content (AvgIpc) is 2.20. The van der Waals surface area contributed by atoms with Crippen LogP contribution in [0.2, 0.25) is 0 Å². The second-order valence-electron chi connectivity index (χ2n) is 3.18. The van der Waals surface area contributed by atoms with E-state index in [-0.39, 0.29) is 5.91 Å². The maximum atomic E-state index is 11.1. The summed E-state index contributed by atoms with van der Waals surface area (Å²) in [5, 5.41) is 5.89. The zero-order chi connectivity index (χ0) is 10.6. The van der Waals surface area contributed by atoms with Gasteiger partial charge in [0.05, 0.1) is 0 Å². The first kappa shape index (κ1) is 10.6. The molecule has 1 aromatic rings. The maximum Gasteiger partial charge on any atom is 0.224 e. The van der Waals surface area contributed by atoms with E-state index >= 15 is 0 Å². The van der Waals surface area contributed by atoms with Crippen molar-refractivity contribution >= 4 is 17.3 Å². The third-order valence-corrected chi connectivity index (χ3v) is 2.11. The fraction of sp³-hybridized carbons (Fsp3) is 0.364. The summed E-state index contributed by atoms with van der Waals surface area (Å²) >= 11 is 0. The zero-order valence-electron chi connectivity index (χ0n) is 8.85. The average molecular weight is 192 g/mol. The largest absolute Gasteiger partial charge is 0.388 e. The van der Waals surface area contributed by atoms with E-state index in [1.54, 1.807) is 0 Å². The molecule has 1 amide bonds. The van der Waals surface area contributed by atoms with Crippen molar-refractivity contribution in [2.75, 3.05) is 17.7 Å². The Labute approximate surface area is 84.5 Å². The first-order chi connectivity index (χ1) is 6.67. The number of rotatable bonds is 3. The van der Waals surface area contributed by atoms with Gasteiger partial charge in [0.1, 0.15) is 0 Å². The Morgan fingerprint density at radius 3 is 2.71 bits per heavy atom. The van der Waals surface area contributed by atoms with Gasteiger partial charge in [0, 0.05) is 24.8 Å². The third kappa shape index (κ3) is 2.49. The first-order valence-corrected chi connectivity index (χ1v) is 4.75. The van der Waals surface area contributed by atoms with Crippen LogP contribution < -0.4 is 10.6 Å². The highest BCUT2D eigenvalue weighted by Crippen LogP contribution is 2.19. The molecular formula is C11H16N2O. The minimum absolute atomic E-state index is 0.0379. The molecule has 0 bridgehead atoms. The van der Waals surface area contributed by atoms with Crippen LogP contribution in [0.3, 0.4) is 0 Å². The second kappa shape index (κ2) is 4.65. The van der Waals surface area contributed by atoms with Crippen LogP contribution in [-0.4, -0.2) is 13.0 Å². The van der Waals surface area contributed by atoms with Crippen LogP contribution in [-0.2, 0) is 4.79 Å². The molecule has 14 heavy (non-hydrogen) atoms. The summed E-state index contributed by atoms with van der Waals surface area (Å²) in [7, 11) is 1.87. The summed E-state index contributed by atoms with van der Waals surface area (Å²) in [5.41, 5.74) is 3.05. The fourth-order valence-electron chi connectivity index (χ4n) is 1.22. The number of hydrogen-bond donors (Lipinski definition) is 2. The summed E-state index contributed by atoms with van der Waals surface area (Å²) in [6.07, 6.45) is 0.503. The van der Waals surface area contributed by atoms with Gasteiger partial charge >= 0.3 is 0 Å². The van der Waals surface area contributed by atoms with Crippen molar-refractivity contribution in [2.24, 2.45) is 0 Å². The lowest BCUT2D eigenvalue weighted by Crippen LogP contribution is -2.09. The minimum atomic E-state index is 0.0379. The summed E-state index contributed by atoms with van der Waals surface area (Å²) in [4.78, 5) is 11.1. The number of carbonyl (C=O) groups excluding carboxylic acids is 1. The minimum Gasteiger partial charge on any atom is -0.388 e. The van der Waals surface area contributed by atoms with Gasteiger partial charge < -0.3 is 10.6 Å². The summed E-state index contributed by atoms with van der Waals surface area (Å²) in [6, 6.07) is 5.82. The van der Waals surface area contributed by atoms with Gasteiger partial charge in [0.15, 0.2) is 0 Å². The zero-order valence-corrected chi connectivity index (χ0v) is 8.85. The van der Waals surface area contributed by atoms with Crippen molar-refractivity contribution < 1.29 is 4.79 Å². The predicted molar refractivity (Wildman–Crippen MR) is 59.6 cm³/mol. The quantitative estimate of drug-likeness (QED) is 0.772. The van der Waals surface area contributed by atoms with Crippen LogP contribution in [0, 0.1) is 6.92 Å². The van der Waals surface area contributed by atoms with Crippen molar-refractivity contribution in [3.05, 3.63) is 23.8 Å². The first-order valence-electron chi connectivity index (χ1n) is 4.75. The SMILES string of the molecule is CCC(=O)Nc1ccc(C)c(NC)c1. The molecule has 3 heteroatoms. The molecule has 0 atom stereocenters. The van der Waals surface area contributed by atoms with E-state index in [1.807, 2.05) is 39.1 Å². The summed E-state index contributed by atoms with van der Waals surface area (Å²) in [6.45, 7) is 3.86. The third-order valence-electron chi connectivity index (χ3n) is 2.11. The van der Waals surface area contributed by atoms with E-state index in [2.05, 4.69) is 10.6 Å². The molecule has 0 unspecified atom stereocenters. The van der Waals surface area contributed by atoms with E-state index in [1.165, 1.54) is 5.56 Å². The molecule has 0 spiro atoms. The number of aryl methyl sites for hydroxylation is 1. The van der Waals surface area contributed by atoms with E-state index in [9.17, 15) is 4.79 Å². The van der Waals surface area contributed by atoms with Gasteiger partial charge in [-0.05, 0) is 24.6 Å². The molecule has 1 rings (SSSR count). The van der Waals surface area contributed by atoms with Crippen molar-refractivity contribution in [3.8, 4) is 0 Å². The van der Waals surface area contributed by atoms with Crippen LogP contribution >= 0.6 is 0 Å². The highest BCUT2D eigenvalue weighted by Gasteiger charge is 2.01. The number of carbonyl (C=O) groups is 1. The molecule has 0 saturated heterocycles. The molecule has 0 saturated carbocycles. The summed E-state index contributed by atoms with van der Waals surface area (Å²) in [5.74, 6) is 0.0379. The Balaban J connectivity index is 2.84. The van der Waals surface area contributed by atoms with Crippen molar-refractivity contribution in [3.63, 3.8) is 0 Å². The molecule has 1 aromatic carbocycles.